The summed E-state index contributed by atoms with van der Waals surface area (Å²) < 4.78 is 0. The van der Waals surface area contributed by atoms with E-state index in [-0.39, 0.29) is 0 Å². The van der Waals surface area contributed by atoms with Gasteiger partial charge in [-0.3, -0.25) is 0 Å². The van der Waals surface area contributed by atoms with Crippen molar-refractivity contribution in [2.45, 2.75) is 52.9 Å². The summed E-state index contributed by atoms with van der Waals surface area (Å²) in [6.45, 7) is 10.5. The topological polar surface area (TPSA) is 38.7 Å². The van der Waals surface area contributed by atoms with Crippen LogP contribution in [0.15, 0.2) is 0 Å². The number of nitrogens with zero attached hydrogens (tertiary/aromatic N) is 3. The Kier molecular flexibility index (Phi) is 3.55. The van der Waals surface area contributed by atoms with Crippen LogP contribution in [0.3, 0.4) is 0 Å². The molecule has 0 aromatic carbocycles. The minimum absolute atomic E-state index is 0.376. The second kappa shape index (κ2) is 4.49. The van der Waals surface area contributed by atoms with Gasteiger partial charge in [0.15, 0.2) is 0 Å². The van der Waals surface area contributed by atoms with Gasteiger partial charge in [0.25, 0.3) is 0 Å². The van der Waals surface area contributed by atoms with Crippen molar-refractivity contribution in [2.24, 2.45) is 0 Å². The minimum atomic E-state index is 0.376. The molecule has 78 valence electrons. The monoisotopic (exact) mass is 193 g/mol. The second-order valence-electron chi connectivity index (χ2n) is 4.13. The number of aromatic nitrogens is 3. The molecule has 0 atom stereocenters. The third-order valence-corrected chi connectivity index (χ3v) is 2.07. The molecule has 0 saturated carbocycles. The van der Waals surface area contributed by atoms with Crippen molar-refractivity contribution in [2.75, 3.05) is 0 Å². The van der Waals surface area contributed by atoms with Crippen molar-refractivity contribution in [3.63, 3.8) is 0 Å². The quantitative estimate of drug-likeness (QED) is 0.740. The maximum absolute atomic E-state index is 4.46. The van der Waals surface area contributed by atoms with Crippen LogP contribution in [0.4, 0.5) is 0 Å². The van der Waals surface area contributed by atoms with Crippen LogP contribution >= 0.6 is 0 Å². The normalized spacial score (nSPS) is 11.4. The van der Waals surface area contributed by atoms with E-state index in [4.69, 9.17) is 0 Å². The van der Waals surface area contributed by atoms with Crippen LogP contribution in [0.5, 0.6) is 0 Å². The first kappa shape index (κ1) is 11.1. The number of rotatable bonds is 3. The summed E-state index contributed by atoms with van der Waals surface area (Å²) in [6, 6.07) is 0. The van der Waals surface area contributed by atoms with Gasteiger partial charge in [-0.2, -0.15) is 0 Å². The third-order valence-electron chi connectivity index (χ3n) is 2.07. The molecule has 0 N–H and O–H groups in total. The van der Waals surface area contributed by atoms with Crippen molar-refractivity contribution < 1.29 is 0 Å². The van der Waals surface area contributed by atoms with Gasteiger partial charge >= 0.3 is 0 Å². The Bertz CT molecular complexity index is 279. The molecule has 3 heteroatoms. The van der Waals surface area contributed by atoms with Crippen LogP contribution < -0.4 is 0 Å². The Morgan fingerprint density at radius 2 is 1.29 bits per heavy atom. The van der Waals surface area contributed by atoms with E-state index in [1.807, 2.05) is 0 Å². The Hall–Kier alpha value is -0.990. The Balaban J connectivity index is 3.13. The third kappa shape index (κ3) is 2.50. The van der Waals surface area contributed by atoms with Crippen molar-refractivity contribution in [3.05, 3.63) is 17.5 Å². The van der Waals surface area contributed by atoms with E-state index < -0.39 is 0 Å². The van der Waals surface area contributed by atoms with Gasteiger partial charge in [0.2, 0.25) is 0 Å². The van der Waals surface area contributed by atoms with E-state index in [0.717, 1.165) is 23.9 Å². The molecular weight excluding hydrogens is 174 g/mol. The molecule has 0 aliphatic rings. The first-order valence-electron chi connectivity index (χ1n) is 5.29. The highest BCUT2D eigenvalue weighted by atomic mass is 15.0. The highest BCUT2D eigenvalue weighted by Crippen LogP contribution is 2.14. The molecular formula is C11H19N3. The fourth-order valence-electron chi connectivity index (χ4n) is 1.13. The predicted molar refractivity (Wildman–Crippen MR) is 57.4 cm³/mol. The summed E-state index contributed by atoms with van der Waals surface area (Å²) in [5.41, 5.74) is 0. The molecule has 0 aliphatic heterocycles. The Morgan fingerprint density at radius 3 is 1.57 bits per heavy atom. The highest BCUT2D eigenvalue weighted by Gasteiger charge is 2.10. The number of aryl methyl sites for hydroxylation is 1. The second-order valence-corrected chi connectivity index (χ2v) is 4.13. The predicted octanol–water partition coefficient (Wildman–Crippen LogP) is 2.68. The van der Waals surface area contributed by atoms with Gasteiger partial charge in [-0.1, -0.05) is 34.6 Å². The van der Waals surface area contributed by atoms with Gasteiger partial charge in [0.1, 0.15) is 17.5 Å². The average molecular weight is 193 g/mol. The zero-order valence-electron chi connectivity index (χ0n) is 9.70. The molecule has 0 fully saturated rings. The summed E-state index contributed by atoms with van der Waals surface area (Å²) in [7, 11) is 0. The molecule has 0 bridgehead atoms. The molecule has 3 nitrogen and oxygen atoms in total. The van der Waals surface area contributed by atoms with E-state index in [2.05, 4.69) is 49.6 Å². The molecule has 0 amide bonds. The van der Waals surface area contributed by atoms with E-state index >= 15 is 0 Å². The van der Waals surface area contributed by atoms with Crippen LogP contribution in [-0.4, -0.2) is 15.0 Å². The van der Waals surface area contributed by atoms with Gasteiger partial charge in [-0.05, 0) is 0 Å². The summed E-state index contributed by atoms with van der Waals surface area (Å²) in [5, 5.41) is 0. The summed E-state index contributed by atoms with van der Waals surface area (Å²) in [6.07, 6.45) is 0.877. The SMILES string of the molecule is CCc1nc(C(C)C)nc(C(C)C)n1. The molecule has 1 aromatic rings. The zero-order chi connectivity index (χ0) is 10.7. The molecule has 0 saturated heterocycles. The smallest absolute Gasteiger partial charge is 0.135 e. The zero-order valence-corrected chi connectivity index (χ0v) is 9.70. The van der Waals surface area contributed by atoms with E-state index in [0.29, 0.717) is 11.8 Å². The van der Waals surface area contributed by atoms with Crippen molar-refractivity contribution in [1.29, 1.82) is 0 Å². The first-order valence-corrected chi connectivity index (χ1v) is 5.29. The molecule has 0 radical (unpaired) electrons. The van der Waals surface area contributed by atoms with Crippen LogP contribution in [0, 0.1) is 0 Å². The largest absolute Gasteiger partial charge is 0.218 e. The molecule has 0 unspecified atom stereocenters. The average Bonchev–Trinajstić information content (AvgIpc) is 2.16. The number of hydrogen-bond donors (Lipinski definition) is 0. The molecule has 0 spiro atoms. The molecule has 14 heavy (non-hydrogen) atoms. The Morgan fingerprint density at radius 1 is 0.857 bits per heavy atom. The lowest BCUT2D eigenvalue weighted by Crippen LogP contribution is -2.09. The van der Waals surface area contributed by atoms with E-state index in [1.54, 1.807) is 0 Å². The van der Waals surface area contributed by atoms with Crippen molar-refractivity contribution >= 4 is 0 Å². The van der Waals surface area contributed by atoms with Gasteiger partial charge in [0.05, 0.1) is 0 Å². The molecule has 1 heterocycles. The molecule has 1 rings (SSSR count). The van der Waals surface area contributed by atoms with E-state index in [1.165, 1.54) is 0 Å². The van der Waals surface area contributed by atoms with Gasteiger partial charge in [-0.25, -0.2) is 15.0 Å². The van der Waals surface area contributed by atoms with Crippen molar-refractivity contribution in [3.8, 4) is 0 Å². The minimum Gasteiger partial charge on any atom is -0.218 e. The molecule has 1 aromatic heterocycles. The summed E-state index contributed by atoms with van der Waals surface area (Å²) in [5.74, 6) is 3.50. The maximum Gasteiger partial charge on any atom is 0.135 e. The van der Waals surface area contributed by atoms with Gasteiger partial charge in [-0.15, -0.1) is 0 Å². The van der Waals surface area contributed by atoms with Gasteiger partial charge < -0.3 is 0 Å². The summed E-state index contributed by atoms with van der Waals surface area (Å²) >= 11 is 0. The fraction of sp³-hybridized carbons (Fsp3) is 0.727. The first-order chi connectivity index (χ1) is 6.54. The lowest BCUT2D eigenvalue weighted by atomic mass is 10.1. The molecule has 0 aliphatic carbocycles. The lowest BCUT2D eigenvalue weighted by molar-refractivity contribution is 0.670. The van der Waals surface area contributed by atoms with Crippen LogP contribution in [-0.2, 0) is 6.42 Å². The van der Waals surface area contributed by atoms with Crippen LogP contribution in [0.1, 0.15) is 63.9 Å². The van der Waals surface area contributed by atoms with Crippen LogP contribution in [0.25, 0.3) is 0 Å². The standard InChI is InChI=1S/C11H19N3/c1-6-9-12-10(7(2)3)14-11(13-9)8(4)5/h7-8H,6H2,1-5H3. The maximum atomic E-state index is 4.46. The fourth-order valence-corrected chi connectivity index (χ4v) is 1.13. The lowest BCUT2D eigenvalue weighted by Gasteiger charge is -2.09. The Labute approximate surface area is 86.0 Å². The van der Waals surface area contributed by atoms with E-state index in [9.17, 15) is 0 Å². The highest BCUT2D eigenvalue weighted by molar-refractivity contribution is 5.03. The number of hydrogen-bond acceptors (Lipinski definition) is 3. The van der Waals surface area contributed by atoms with Gasteiger partial charge in [0, 0.05) is 18.3 Å². The van der Waals surface area contributed by atoms with Crippen LogP contribution in [0.2, 0.25) is 0 Å². The van der Waals surface area contributed by atoms with Crippen molar-refractivity contribution in [1.82, 2.24) is 15.0 Å². The summed E-state index contributed by atoms with van der Waals surface area (Å²) in [4.78, 5) is 13.3.